The van der Waals surface area contributed by atoms with Crippen LogP contribution in [0.4, 0.5) is 0 Å². The van der Waals surface area contributed by atoms with Crippen molar-refractivity contribution in [3.8, 4) is 5.75 Å². The molecule has 100 valence electrons. The third kappa shape index (κ3) is 3.03. The van der Waals surface area contributed by atoms with Gasteiger partial charge >= 0.3 is 0 Å². The van der Waals surface area contributed by atoms with Gasteiger partial charge in [-0.25, -0.2) is 0 Å². The van der Waals surface area contributed by atoms with Crippen LogP contribution in [-0.4, -0.2) is 19.7 Å². The standard InChI is InChI=1S/C15H24N2O/c1-3-11-6-7-15(18-2)13(9-11)14(16)10-12-5-4-8-17-12/h6-7,9,12,14,17H,3-5,8,10,16H2,1-2H3. The molecule has 0 aromatic heterocycles. The van der Waals surface area contributed by atoms with Crippen molar-refractivity contribution in [2.75, 3.05) is 13.7 Å². The molecule has 0 amide bonds. The summed E-state index contributed by atoms with van der Waals surface area (Å²) in [6, 6.07) is 6.97. The highest BCUT2D eigenvalue weighted by atomic mass is 16.5. The summed E-state index contributed by atoms with van der Waals surface area (Å²) in [6.07, 6.45) is 4.53. The van der Waals surface area contributed by atoms with E-state index in [4.69, 9.17) is 10.5 Å². The van der Waals surface area contributed by atoms with Gasteiger partial charge in [-0.2, -0.15) is 0 Å². The normalized spacial score (nSPS) is 20.9. The maximum Gasteiger partial charge on any atom is 0.123 e. The molecule has 18 heavy (non-hydrogen) atoms. The molecule has 2 atom stereocenters. The van der Waals surface area contributed by atoms with Crippen LogP contribution in [0, 0.1) is 0 Å². The zero-order chi connectivity index (χ0) is 13.0. The minimum atomic E-state index is 0.0575. The number of ether oxygens (including phenoxy) is 1. The van der Waals surface area contributed by atoms with Crippen LogP contribution in [0.15, 0.2) is 18.2 Å². The van der Waals surface area contributed by atoms with E-state index in [0.29, 0.717) is 6.04 Å². The van der Waals surface area contributed by atoms with Crippen molar-refractivity contribution < 1.29 is 4.74 Å². The van der Waals surface area contributed by atoms with Crippen molar-refractivity contribution in [1.29, 1.82) is 0 Å². The molecule has 1 aromatic carbocycles. The van der Waals surface area contributed by atoms with Crippen LogP contribution in [0.25, 0.3) is 0 Å². The first-order chi connectivity index (χ1) is 8.74. The van der Waals surface area contributed by atoms with E-state index in [1.54, 1.807) is 7.11 Å². The lowest BCUT2D eigenvalue weighted by Crippen LogP contribution is -2.27. The highest BCUT2D eigenvalue weighted by molar-refractivity contribution is 5.39. The molecule has 3 heteroatoms. The van der Waals surface area contributed by atoms with Gasteiger partial charge in [-0.15, -0.1) is 0 Å². The van der Waals surface area contributed by atoms with Crippen LogP contribution >= 0.6 is 0 Å². The topological polar surface area (TPSA) is 47.3 Å². The molecular formula is C15H24N2O. The Bertz CT molecular complexity index is 386. The van der Waals surface area contributed by atoms with Crippen molar-refractivity contribution in [2.45, 2.75) is 44.7 Å². The predicted octanol–water partition coefficient (Wildman–Crippen LogP) is 2.40. The average molecular weight is 248 g/mol. The Morgan fingerprint density at radius 2 is 2.33 bits per heavy atom. The SMILES string of the molecule is CCc1ccc(OC)c(C(N)CC2CCCN2)c1. The molecule has 1 fully saturated rings. The summed E-state index contributed by atoms with van der Waals surface area (Å²) in [5.41, 5.74) is 8.82. The Hall–Kier alpha value is -1.06. The Kier molecular flexibility index (Phi) is 4.61. The van der Waals surface area contributed by atoms with Gasteiger partial charge in [0.1, 0.15) is 5.75 Å². The predicted molar refractivity (Wildman–Crippen MR) is 74.9 cm³/mol. The summed E-state index contributed by atoms with van der Waals surface area (Å²) in [5.74, 6) is 0.915. The summed E-state index contributed by atoms with van der Waals surface area (Å²) >= 11 is 0. The molecule has 1 aliphatic rings. The number of nitrogens with two attached hydrogens (primary N) is 1. The lowest BCUT2D eigenvalue weighted by molar-refractivity contribution is 0.399. The molecule has 2 rings (SSSR count). The first kappa shape index (κ1) is 13.4. The first-order valence-electron chi connectivity index (χ1n) is 6.90. The number of benzene rings is 1. The van der Waals surface area contributed by atoms with Gasteiger partial charge in [-0.3, -0.25) is 0 Å². The van der Waals surface area contributed by atoms with Gasteiger partial charge in [-0.1, -0.05) is 19.1 Å². The summed E-state index contributed by atoms with van der Waals surface area (Å²) in [5, 5.41) is 3.50. The summed E-state index contributed by atoms with van der Waals surface area (Å²) in [6.45, 7) is 3.29. The average Bonchev–Trinajstić information content (AvgIpc) is 2.90. The van der Waals surface area contributed by atoms with Gasteiger partial charge in [0, 0.05) is 17.6 Å². The molecule has 0 radical (unpaired) electrons. The number of hydrogen-bond donors (Lipinski definition) is 2. The van der Waals surface area contributed by atoms with Crippen molar-refractivity contribution >= 4 is 0 Å². The minimum absolute atomic E-state index is 0.0575. The van der Waals surface area contributed by atoms with E-state index in [1.165, 1.54) is 18.4 Å². The zero-order valence-corrected chi connectivity index (χ0v) is 11.4. The molecule has 0 saturated carbocycles. The maximum atomic E-state index is 6.35. The summed E-state index contributed by atoms with van der Waals surface area (Å²) in [7, 11) is 1.71. The van der Waals surface area contributed by atoms with E-state index >= 15 is 0 Å². The van der Waals surface area contributed by atoms with Crippen molar-refractivity contribution in [1.82, 2.24) is 5.32 Å². The molecule has 0 bridgehead atoms. The highest BCUT2D eigenvalue weighted by Crippen LogP contribution is 2.29. The Morgan fingerprint density at radius 3 is 2.94 bits per heavy atom. The molecule has 3 nitrogen and oxygen atoms in total. The Morgan fingerprint density at radius 1 is 1.50 bits per heavy atom. The Labute approximate surface area is 110 Å². The number of methoxy groups -OCH3 is 1. The van der Waals surface area contributed by atoms with Gasteiger partial charge in [0.25, 0.3) is 0 Å². The molecule has 0 spiro atoms. The van der Waals surface area contributed by atoms with Gasteiger partial charge in [-0.05, 0) is 43.9 Å². The van der Waals surface area contributed by atoms with Gasteiger partial charge in [0.15, 0.2) is 0 Å². The van der Waals surface area contributed by atoms with Crippen LogP contribution < -0.4 is 15.8 Å². The summed E-state index contributed by atoms with van der Waals surface area (Å²) in [4.78, 5) is 0. The lowest BCUT2D eigenvalue weighted by atomic mass is 9.96. The number of nitrogens with one attached hydrogen (secondary N) is 1. The van der Waals surface area contributed by atoms with Crippen LogP contribution in [0.5, 0.6) is 5.75 Å². The van der Waals surface area contributed by atoms with Crippen LogP contribution in [0.3, 0.4) is 0 Å². The quantitative estimate of drug-likeness (QED) is 0.841. The number of aryl methyl sites for hydroxylation is 1. The molecule has 2 unspecified atom stereocenters. The van der Waals surface area contributed by atoms with Crippen molar-refractivity contribution in [3.05, 3.63) is 29.3 Å². The molecule has 0 aliphatic carbocycles. The van der Waals surface area contributed by atoms with Crippen molar-refractivity contribution in [3.63, 3.8) is 0 Å². The second-order valence-corrected chi connectivity index (χ2v) is 5.07. The van der Waals surface area contributed by atoms with Crippen LogP contribution in [0.1, 0.15) is 43.4 Å². The zero-order valence-electron chi connectivity index (χ0n) is 11.4. The number of rotatable bonds is 5. The minimum Gasteiger partial charge on any atom is -0.496 e. The second-order valence-electron chi connectivity index (χ2n) is 5.07. The second kappa shape index (κ2) is 6.21. The molecular weight excluding hydrogens is 224 g/mol. The van der Waals surface area contributed by atoms with E-state index in [-0.39, 0.29) is 6.04 Å². The molecule has 1 aromatic rings. The van der Waals surface area contributed by atoms with E-state index in [1.807, 2.05) is 6.07 Å². The third-order valence-corrected chi connectivity index (χ3v) is 3.80. The van der Waals surface area contributed by atoms with E-state index in [0.717, 1.165) is 30.7 Å². The van der Waals surface area contributed by atoms with E-state index in [2.05, 4.69) is 24.4 Å². The van der Waals surface area contributed by atoms with Crippen LogP contribution in [-0.2, 0) is 6.42 Å². The molecule has 1 saturated heterocycles. The van der Waals surface area contributed by atoms with Gasteiger partial charge in [0.05, 0.1) is 7.11 Å². The van der Waals surface area contributed by atoms with Gasteiger partial charge in [0.2, 0.25) is 0 Å². The first-order valence-corrected chi connectivity index (χ1v) is 6.90. The van der Waals surface area contributed by atoms with E-state index < -0.39 is 0 Å². The fourth-order valence-electron chi connectivity index (χ4n) is 2.68. The smallest absolute Gasteiger partial charge is 0.123 e. The summed E-state index contributed by atoms with van der Waals surface area (Å²) < 4.78 is 5.43. The molecule has 1 aliphatic heterocycles. The maximum absolute atomic E-state index is 6.35. The monoisotopic (exact) mass is 248 g/mol. The van der Waals surface area contributed by atoms with Gasteiger partial charge < -0.3 is 15.8 Å². The largest absolute Gasteiger partial charge is 0.496 e. The van der Waals surface area contributed by atoms with Crippen molar-refractivity contribution in [2.24, 2.45) is 5.73 Å². The highest BCUT2D eigenvalue weighted by Gasteiger charge is 2.20. The Balaban J connectivity index is 2.13. The number of hydrogen-bond acceptors (Lipinski definition) is 3. The molecule has 1 heterocycles. The fourth-order valence-corrected chi connectivity index (χ4v) is 2.68. The third-order valence-electron chi connectivity index (χ3n) is 3.80. The molecule has 3 N–H and O–H groups in total. The fraction of sp³-hybridized carbons (Fsp3) is 0.600. The lowest BCUT2D eigenvalue weighted by Gasteiger charge is -2.20. The van der Waals surface area contributed by atoms with E-state index in [9.17, 15) is 0 Å². The van der Waals surface area contributed by atoms with Crippen LogP contribution in [0.2, 0.25) is 0 Å².